The molecular formula is C11H12O4S. The van der Waals surface area contributed by atoms with E-state index in [2.05, 4.69) is 9.47 Å². The smallest absolute Gasteiger partial charge is 0.339 e. The van der Waals surface area contributed by atoms with Gasteiger partial charge >= 0.3 is 11.9 Å². The normalized spacial score (nSPS) is 9.69. The largest absolute Gasteiger partial charge is 0.465 e. The van der Waals surface area contributed by atoms with Crippen molar-refractivity contribution in [3.05, 3.63) is 29.3 Å². The van der Waals surface area contributed by atoms with Crippen molar-refractivity contribution in [2.24, 2.45) is 0 Å². The zero-order valence-corrected chi connectivity index (χ0v) is 10.1. The number of thioether (sulfide) groups is 1. The molecule has 5 heteroatoms. The number of esters is 2. The summed E-state index contributed by atoms with van der Waals surface area (Å²) in [5, 5.41) is 0. The fraction of sp³-hybridized carbons (Fsp3) is 0.273. The average Bonchev–Trinajstić information content (AvgIpc) is 2.35. The van der Waals surface area contributed by atoms with Gasteiger partial charge in [0.1, 0.15) is 0 Å². The van der Waals surface area contributed by atoms with Crippen LogP contribution in [0, 0.1) is 0 Å². The van der Waals surface area contributed by atoms with Gasteiger partial charge in [0.05, 0.1) is 25.3 Å². The molecule has 0 spiro atoms. The molecule has 0 fully saturated rings. The van der Waals surface area contributed by atoms with Crippen molar-refractivity contribution in [3.63, 3.8) is 0 Å². The maximum Gasteiger partial charge on any atom is 0.339 e. The number of rotatable bonds is 3. The van der Waals surface area contributed by atoms with Crippen molar-refractivity contribution in [1.82, 2.24) is 0 Å². The highest BCUT2D eigenvalue weighted by atomic mass is 32.2. The SMILES string of the molecule is COC(=O)c1cccc(C(=O)OC)c1SC. The Kier molecular flexibility index (Phi) is 4.37. The van der Waals surface area contributed by atoms with Crippen molar-refractivity contribution in [2.45, 2.75) is 4.90 Å². The summed E-state index contributed by atoms with van der Waals surface area (Å²) < 4.78 is 9.29. The van der Waals surface area contributed by atoms with Crippen LogP contribution >= 0.6 is 11.8 Å². The molecular weight excluding hydrogens is 228 g/mol. The Balaban J connectivity index is 3.31. The Labute approximate surface area is 97.9 Å². The summed E-state index contributed by atoms with van der Waals surface area (Å²) >= 11 is 1.31. The Morgan fingerprint density at radius 2 is 1.50 bits per heavy atom. The van der Waals surface area contributed by atoms with Gasteiger partial charge in [0.15, 0.2) is 0 Å². The molecule has 16 heavy (non-hydrogen) atoms. The van der Waals surface area contributed by atoms with Gasteiger partial charge in [-0.3, -0.25) is 0 Å². The predicted molar refractivity (Wildman–Crippen MR) is 60.9 cm³/mol. The van der Waals surface area contributed by atoms with Gasteiger partial charge in [-0.1, -0.05) is 6.07 Å². The monoisotopic (exact) mass is 240 g/mol. The molecule has 1 rings (SSSR count). The molecule has 1 aromatic rings. The average molecular weight is 240 g/mol. The molecule has 0 saturated heterocycles. The summed E-state index contributed by atoms with van der Waals surface area (Å²) in [6.07, 6.45) is 1.79. The lowest BCUT2D eigenvalue weighted by atomic mass is 10.1. The number of benzene rings is 1. The molecule has 86 valence electrons. The predicted octanol–water partition coefficient (Wildman–Crippen LogP) is 1.98. The van der Waals surface area contributed by atoms with E-state index in [1.807, 2.05) is 0 Å². The van der Waals surface area contributed by atoms with E-state index < -0.39 is 11.9 Å². The van der Waals surface area contributed by atoms with E-state index in [0.29, 0.717) is 16.0 Å². The molecule has 0 unspecified atom stereocenters. The second kappa shape index (κ2) is 5.55. The summed E-state index contributed by atoms with van der Waals surface area (Å²) in [7, 11) is 2.61. The Morgan fingerprint density at radius 1 is 1.06 bits per heavy atom. The van der Waals surface area contributed by atoms with Crippen LogP contribution in [-0.2, 0) is 9.47 Å². The van der Waals surface area contributed by atoms with Crippen LogP contribution in [-0.4, -0.2) is 32.4 Å². The lowest BCUT2D eigenvalue weighted by Gasteiger charge is -2.09. The molecule has 0 radical (unpaired) electrons. The first-order valence-corrected chi connectivity index (χ1v) is 5.71. The molecule has 0 aliphatic rings. The molecule has 0 saturated carbocycles. The zero-order valence-electron chi connectivity index (χ0n) is 9.27. The molecule has 0 aliphatic heterocycles. The Bertz CT molecular complexity index is 380. The van der Waals surface area contributed by atoms with Crippen LogP contribution in [0.4, 0.5) is 0 Å². The highest BCUT2D eigenvalue weighted by Gasteiger charge is 2.18. The highest BCUT2D eigenvalue weighted by molar-refractivity contribution is 7.98. The second-order valence-corrected chi connectivity index (χ2v) is 3.69. The summed E-state index contributed by atoms with van der Waals surface area (Å²) in [6, 6.07) is 4.85. The van der Waals surface area contributed by atoms with E-state index >= 15 is 0 Å². The standard InChI is InChI=1S/C11H12O4S/c1-14-10(12)7-5-4-6-8(9(7)16-3)11(13)15-2/h4-6H,1-3H3. The van der Waals surface area contributed by atoms with E-state index in [4.69, 9.17) is 0 Å². The Morgan fingerprint density at radius 3 is 1.81 bits per heavy atom. The zero-order chi connectivity index (χ0) is 12.1. The topological polar surface area (TPSA) is 52.6 Å². The van der Waals surface area contributed by atoms with Gasteiger partial charge in [0.25, 0.3) is 0 Å². The maximum atomic E-state index is 11.5. The van der Waals surface area contributed by atoms with E-state index in [1.165, 1.54) is 26.0 Å². The van der Waals surface area contributed by atoms with Gasteiger partial charge in [-0.2, -0.15) is 0 Å². The first-order valence-electron chi connectivity index (χ1n) is 4.49. The number of hydrogen-bond acceptors (Lipinski definition) is 5. The van der Waals surface area contributed by atoms with Gasteiger partial charge < -0.3 is 9.47 Å². The summed E-state index contributed by atoms with van der Waals surface area (Å²) in [5.74, 6) is -0.926. The molecule has 0 aromatic heterocycles. The number of carbonyl (C=O) groups excluding carboxylic acids is 2. The van der Waals surface area contributed by atoms with Crippen LogP contribution in [0.2, 0.25) is 0 Å². The van der Waals surface area contributed by atoms with Crippen molar-refractivity contribution in [2.75, 3.05) is 20.5 Å². The van der Waals surface area contributed by atoms with E-state index in [0.717, 1.165) is 0 Å². The van der Waals surface area contributed by atoms with Gasteiger partial charge in [-0.25, -0.2) is 9.59 Å². The summed E-state index contributed by atoms with van der Waals surface area (Å²) in [4.78, 5) is 23.5. The van der Waals surface area contributed by atoms with Crippen molar-refractivity contribution in [3.8, 4) is 0 Å². The van der Waals surface area contributed by atoms with Crippen molar-refractivity contribution < 1.29 is 19.1 Å². The van der Waals surface area contributed by atoms with Gasteiger partial charge in [-0.15, -0.1) is 11.8 Å². The van der Waals surface area contributed by atoms with Gasteiger partial charge in [0, 0.05) is 4.90 Å². The third kappa shape index (κ3) is 2.36. The third-order valence-electron chi connectivity index (χ3n) is 2.03. The minimum atomic E-state index is -0.463. The lowest BCUT2D eigenvalue weighted by Crippen LogP contribution is -2.09. The van der Waals surface area contributed by atoms with Crippen molar-refractivity contribution >= 4 is 23.7 Å². The van der Waals surface area contributed by atoms with Crippen LogP contribution in [0.25, 0.3) is 0 Å². The van der Waals surface area contributed by atoms with Crippen LogP contribution in [0.15, 0.2) is 23.1 Å². The molecule has 0 atom stereocenters. The van der Waals surface area contributed by atoms with E-state index in [1.54, 1.807) is 24.5 Å². The number of methoxy groups -OCH3 is 2. The maximum absolute atomic E-state index is 11.5. The highest BCUT2D eigenvalue weighted by Crippen LogP contribution is 2.26. The first-order chi connectivity index (χ1) is 7.65. The number of carbonyl (C=O) groups is 2. The van der Waals surface area contributed by atoms with Crippen LogP contribution < -0.4 is 0 Å². The van der Waals surface area contributed by atoms with Gasteiger partial charge in [0.2, 0.25) is 0 Å². The second-order valence-electron chi connectivity index (χ2n) is 2.87. The fourth-order valence-corrected chi connectivity index (χ4v) is 2.04. The Hall–Kier alpha value is -1.49. The number of hydrogen-bond donors (Lipinski definition) is 0. The van der Waals surface area contributed by atoms with Crippen LogP contribution in [0.3, 0.4) is 0 Å². The van der Waals surface area contributed by atoms with E-state index in [-0.39, 0.29) is 0 Å². The molecule has 0 aliphatic carbocycles. The molecule has 0 N–H and O–H groups in total. The molecule has 0 bridgehead atoms. The minimum absolute atomic E-state index is 0.373. The molecule has 0 amide bonds. The van der Waals surface area contributed by atoms with Crippen LogP contribution in [0.1, 0.15) is 20.7 Å². The first kappa shape index (κ1) is 12.6. The fourth-order valence-electron chi connectivity index (χ4n) is 1.30. The molecule has 4 nitrogen and oxygen atoms in total. The molecule has 1 aromatic carbocycles. The van der Waals surface area contributed by atoms with Crippen molar-refractivity contribution in [1.29, 1.82) is 0 Å². The quantitative estimate of drug-likeness (QED) is 0.597. The minimum Gasteiger partial charge on any atom is -0.465 e. The summed E-state index contributed by atoms with van der Waals surface area (Å²) in [5.41, 5.74) is 0.746. The number of ether oxygens (including phenoxy) is 2. The lowest BCUT2D eigenvalue weighted by molar-refractivity contribution is 0.0591. The van der Waals surface area contributed by atoms with Crippen LogP contribution in [0.5, 0.6) is 0 Å². The van der Waals surface area contributed by atoms with Gasteiger partial charge in [-0.05, 0) is 18.4 Å². The summed E-state index contributed by atoms with van der Waals surface area (Å²) in [6.45, 7) is 0. The molecule has 0 heterocycles. The third-order valence-corrected chi connectivity index (χ3v) is 2.88. The van der Waals surface area contributed by atoms with E-state index in [9.17, 15) is 9.59 Å².